The summed E-state index contributed by atoms with van der Waals surface area (Å²) >= 11 is 0. The van der Waals surface area contributed by atoms with Crippen molar-refractivity contribution in [1.82, 2.24) is 14.7 Å². The summed E-state index contributed by atoms with van der Waals surface area (Å²) in [5.74, 6) is -2.08. The Balaban J connectivity index is 1.86. The summed E-state index contributed by atoms with van der Waals surface area (Å²) in [5, 5.41) is 4.10. The average Bonchev–Trinajstić information content (AvgIpc) is 3.20. The molecule has 1 aliphatic rings. The third kappa shape index (κ3) is 3.19. The van der Waals surface area contributed by atoms with Crippen LogP contribution in [-0.4, -0.2) is 46.7 Å². The van der Waals surface area contributed by atoms with E-state index in [0.29, 0.717) is 5.75 Å². The van der Waals surface area contributed by atoms with Crippen molar-refractivity contribution in [2.45, 2.75) is 5.92 Å². The Morgan fingerprint density at radius 1 is 1.36 bits per heavy atom. The molecule has 2 amide bonds. The normalized spacial score (nSPS) is 19.9. The monoisotopic (exact) mass is 346 g/mol. The average molecular weight is 346 g/mol. The summed E-state index contributed by atoms with van der Waals surface area (Å²) in [5.41, 5.74) is 6.28. The molecule has 0 unspecified atom stereocenters. The standard InChI is InChI=1S/C17H19FN4O3/c1-21-7-10(6-20-21)13-8-22(9-14(13)16(19)23)17(24)12-4-3-11(25-2)5-15(12)18/h3-7,13-14H,8-9H2,1-2H3,(H2,19,23)/t13-,14+/m1/s1. The molecule has 1 aliphatic heterocycles. The van der Waals surface area contributed by atoms with Crippen LogP contribution in [0, 0.1) is 11.7 Å². The summed E-state index contributed by atoms with van der Waals surface area (Å²) in [4.78, 5) is 26.0. The highest BCUT2D eigenvalue weighted by molar-refractivity contribution is 5.95. The van der Waals surface area contributed by atoms with E-state index in [1.807, 2.05) is 0 Å². The van der Waals surface area contributed by atoms with E-state index in [0.717, 1.165) is 11.6 Å². The number of nitrogens with zero attached hydrogens (tertiary/aromatic N) is 3. The maximum atomic E-state index is 14.2. The first-order valence-corrected chi connectivity index (χ1v) is 7.81. The number of amides is 2. The second kappa shape index (κ2) is 6.54. The summed E-state index contributed by atoms with van der Waals surface area (Å²) in [6.07, 6.45) is 3.45. The van der Waals surface area contributed by atoms with Gasteiger partial charge >= 0.3 is 0 Å². The number of ether oxygens (including phenoxy) is 1. The third-order valence-electron chi connectivity index (χ3n) is 4.53. The van der Waals surface area contributed by atoms with Gasteiger partial charge in [-0.2, -0.15) is 5.10 Å². The number of aromatic nitrogens is 2. The van der Waals surface area contributed by atoms with E-state index in [1.165, 1.54) is 24.1 Å². The number of carbonyl (C=O) groups excluding carboxylic acids is 2. The lowest BCUT2D eigenvalue weighted by Crippen LogP contribution is -2.32. The van der Waals surface area contributed by atoms with Crippen molar-refractivity contribution in [2.24, 2.45) is 18.7 Å². The predicted octanol–water partition coefficient (Wildman–Crippen LogP) is 0.909. The summed E-state index contributed by atoms with van der Waals surface area (Å²) in [6.45, 7) is 0.433. The van der Waals surface area contributed by atoms with Gasteiger partial charge in [-0.3, -0.25) is 14.3 Å². The van der Waals surface area contributed by atoms with E-state index in [1.54, 1.807) is 24.1 Å². The van der Waals surface area contributed by atoms with E-state index in [2.05, 4.69) is 5.10 Å². The molecule has 0 aliphatic carbocycles. The summed E-state index contributed by atoms with van der Waals surface area (Å²) in [6, 6.07) is 4.07. The molecular formula is C17H19FN4O3. The highest BCUT2D eigenvalue weighted by Gasteiger charge is 2.40. The molecular weight excluding hydrogens is 327 g/mol. The first kappa shape index (κ1) is 16.9. The number of aryl methyl sites for hydroxylation is 1. The SMILES string of the molecule is COc1ccc(C(=O)N2C[C@H](C(N)=O)[C@@H](c3cnn(C)c3)C2)c(F)c1. The number of hydrogen-bond donors (Lipinski definition) is 1. The molecule has 2 aromatic rings. The zero-order valence-electron chi connectivity index (χ0n) is 14.0. The number of nitrogens with two attached hydrogens (primary N) is 1. The van der Waals surface area contributed by atoms with Gasteiger partial charge in [-0.25, -0.2) is 4.39 Å². The molecule has 1 saturated heterocycles. The molecule has 2 N–H and O–H groups in total. The van der Waals surface area contributed by atoms with Gasteiger partial charge in [0.1, 0.15) is 11.6 Å². The van der Waals surface area contributed by atoms with Crippen LogP contribution in [0.25, 0.3) is 0 Å². The molecule has 25 heavy (non-hydrogen) atoms. The molecule has 8 heteroatoms. The van der Waals surface area contributed by atoms with Gasteiger partial charge in [0.25, 0.3) is 5.91 Å². The molecule has 2 heterocycles. The van der Waals surface area contributed by atoms with E-state index in [-0.39, 0.29) is 24.6 Å². The number of primary amides is 1. The molecule has 1 fully saturated rings. The zero-order valence-corrected chi connectivity index (χ0v) is 14.0. The van der Waals surface area contributed by atoms with Crippen molar-refractivity contribution < 1.29 is 18.7 Å². The van der Waals surface area contributed by atoms with Crippen LogP contribution in [0.2, 0.25) is 0 Å². The Morgan fingerprint density at radius 2 is 2.12 bits per heavy atom. The van der Waals surface area contributed by atoms with E-state index >= 15 is 0 Å². The number of likely N-dealkylation sites (tertiary alicyclic amines) is 1. The molecule has 0 saturated carbocycles. The minimum atomic E-state index is -0.662. The number of methoxy groups -OCH3 is 1. The minimum absolute atomic E-state index is 0.0594. The van der Waals surface area contributed by atoms with Crippen LogP contribution < -0.4 is 10.5 Å². The molecule has 0 spiro atoms. The molecule has 0 bridgehead atoms. The van der Waals surface area contributed by atoms with Crippen LogP contribution in [0.5, 0.6) is 5.75 Å². The molecule has 0 radical (unpaired) electrons. The lowest BCUT2D eigenvalue weighted by Gasteiger charge is -2.17. The van der Waals surface area contributed by atoms with Gasteiger partial charge in [-0.05, 0) is 17.7 Å². The van der Waals surface area contributed by atoms with Crippen LogP contribution in [0.1, 0.15) is 21.8 Å². The van der Waals surface area contributed by atoms with Crippen LogP contribution >= 0.6 is 0 Å². The highest BCUT2D eigenvalue weighted by atomic mass is 19.1. The molecule has 1 aromatic heterocycles. The van der Waals surface area contributed by atoms with Gasteiger partial charge in [0.2, 0.25) is 5.91 Å². The lowest BCUT2D eigenvalue weighted by molar-refractivity contribution is -0.121. The second-order valence-electron chi connectivity index (χ2n) is 6.12. The van der Waals surface area contributed by atoms with E-state index < -0.39 is 23.5 Å². The summed E-state index contributed by atoms with van der Waals surface area (Å²) in [7, 11) is 3.19. The van der Waals surface area contributed by atoms with Gasteiger partial charge in [0.05, 0.1) is 24.8 Å². The molecule has 1 aromatic carbocycles. The van der Waals surface area contributed by atoms with Crippen LogP contribution in [0.3, 0.4) is 0 Å². The van der Waals surface area contributed by atoms with Gasteiger partial charge in [0, 0.05) is 38.3 Å². The molecule has 7 nitrogen and oxygen atoms in total. The number of benzene rings is 1. The van der Waals surface area contributed by atoms with Crippen LogP contribution in [0.15, 0.2) is 30.6 Å². The van der Waals surface area contributed by atoms with Gasteiger partial charge in [-0.15, -0.1) is 0 Å². The molecule has 132 valence electrons. The molecule has 2 atom stereocenters. The number of halogens is 1. The Kier molecular flexibility index (Phi) is 4.43. The van der Waals surface area contributed by atoms with E-state index in [9.17, 15) is 14.0 Å². The van der Waals surface area contributed by atoms with Gasteiger partial charge in [0.15, 0.2) is 0 Å². The van der Waals surface area contributed by atoms with Crippen LogP contribution in [-0.2, 0) is 11.8 Å². The van der Waals surface area contributed by atoms with Crippen molar-refractivity contribution in [3.05, 3.63) is 47.5 Å². The number of hydrogen-bond acceptors (Lipinski definition) is 4. The van der Waals surface area contributed by atoms with Crippen molar-refractivity contribution >= 4 is 11.8 Å². The van der Waals surface area contributed by atoms with Crippen molar-refractivity contribution in [3.63, 3.8) is 0 Å². The first-order chi connectivity index (χ1) is 11.9. The fourth-order valence-corrected chi connectivity index (χ4v) is 3.19. The van der Waals surface area contributed by atoms with Crippen molar-refractivity contribution in [2.75, 3.05) is 20.2 Å². The Morgan fingerprint density at radius 3 is 2.68 bits per heavy atom. The fourth-order valence-electron chi connectivity index (χ4n) is 3.19. The number of rotatable bonds is 4. The van der Waals surface area contributed by atoms with Gasteiger partial charge < -0.3 is 15.4 Å². The smallest absolute Gasteiger partial charge is 0.256 e. The third-order valence-corrected chi connectivity index (χ3v) is 4.53. The van der Waals surface area contributed by atoms with Gasteiger partial charge in [-0.1, -0.05) is 0 Å². The maximum Gasteiger partial charge on any atom is 0.256 e. The second-order valence-corrected chi connectivity index (χ2v) is 6.12. The minimum Gasteiger partial charge on any atom is -0.497 e. The highest BCUT2D eigenvalue weighted by Crippen LogP contribution is 2.33. The Hall–Kier alpha value is -2.90. The van der Waals surface area contributed by atoms with E-state index in [4.69, 9.17) is 10.5 Å². The van der Waals surface area contributed by atoms with Crippen molar-refractivity contribution in [1.29, 1.82) is 0 Å². The van der Waals surface area contributed by atoms with Crippen LogP contribution in [0.4, 0.5) is 4.39 Å². The topological polar surface area (TPSA) is 90.4 Å². The molecule has 3 rings (SSSR count). The summed E-state index contributed by atoms with van der Waals surface area (Å²) < 4.78 is 20.8. The lowest BCUT2D eigenvalue weighted by atomic mass is 9.90. The fraction of sp³-hybridized carbons (Fsp3) is 0.353. The maximum absolute atomic E-state index is 14.2. The quantitative estimate of drug-likeness (QED) is 0.891. The zero-order chi connectivity index (χ0) is 18.1. The Bertz CT molecular complexity index is 820. The Labute approximate surface area is 144 Å². The first-order valence-electron chi connectivity index (χ1n) is 7.81. The predicted molar refractivity (Wildman–Crippen MR) is 87.5 cm³/mol. The van der Waals surface area contributed by atoms with Crippen molar-refractivity contribution in [3.8, 4) is 5.75 Å². The number of carbonyl (C=O) groups is 2. The largest absolute Gasteiger partial charge is 0.497 e.